The first-order valence-corrected chi connectivity index (χ1v) is 11.3. The Bertz CT molecular complexity index is 1310. The number of hydrogen-bond donors (Lipinski definition) is 2. The zero-order valence-electron chi connectivity index (χ0n) is 16.9. The lowest BCUT2D eigenvalue weighted by Crippen LogP contribution is -2.27. The molecule has 0 unspecified atom stereocenters. The summed E-state index contributed by atoms with van der Waals surface area (Å²) in [7, 11) is -3.96. The third kappa shape index (κ3) is 4.98. The van der Waals surface area contributed by atoms with Gasteiger partial charge in [-0.15, -0.1) is 5.10 Å². The van der Waals surface area contributed by atoms with Crippen LogP contribution in [0.1, 0.15) is 15.9 Å². The second kappa shape index (κ2) is 9.40. The van der Waals surface area contributed by atoms with Gasteiger partial charge in [-0.2, -0.15) is 0 Å². The number of carbonyl (C=O) groups is 1. The molecule has 1 aromatic heterocycles. The van der Waals surface area contributed by atoms with Crippen LogP contribution in [0.2, 0.25) is 0 Å². The van der Waals surface area contributed by atoms with Crippen molar-refractivity contribution in [3.63, 3.8) is 0 Å². The average Bonchev–Trinajstić information content (AvgIpc) is 3.35. The maximum atomic E-state index is 13.0. The molecule has 0 radical (unpaired) electrons. The molecule has 0 saturated heterocycles. The Morgan fingerprint density at radius 1 is 0.938 bits per heavy atom. The van der Waals surface area contributed by atoms with E-state index in [2.05, 4.69) is 25.6 Å². The van der Waals surface area contributed by atoms with Gasteiger partial charge in [-0.3, -0.25) is 9.52 Å². The van der Waals surface area contributed by atoms with Gasteiger partial charge in [0.25, 0.3) is 15.9 Å². The molecule has 1 heterocycles. The number of aromatic nitrogens is 4. The van der Waals surface area contributed by atoms with Crippen LogP contribution in [0.15, 0.2) is 90.1 Å². The first-order valence-electron chi connectivity index (χ1n) is 9.80. The lowest BCUT2D eigenvalue weighted by molar-refractivity contribution is 0.0955. The van der Waals surface area contributed by atoms with E-state index in [1.165, 1.54) is 23.1 Å². The topological polar surface area (TPSA) is 119 Å². The van der Waals surface area contributed by atoms with Crippen LogP contribution >= 0.6 is 0 Å². The van der Waals surface area contributed by atoms with Crippen LogP contribution in [0, 0.1) is 0 Å². The predicted octanol–water partition coefficient (Wildman–Crippen LogP) is 2.44. The monoisotopic (exact) mass is 448 g/mol. The largest absolute Gasteiger partial charge is 0.352 e. The zero-order valence-corrected chi connectivity index (χ0v) is 17.7. The Morgan fingerprint density at radius 2 is 1.72 bits per heavy atom. The molecule has 10 heteroatoms. The van der Waals surface area contributed by atoms with Crippen molar-refractivity contribution in [2.24, 2.45) is 0 Å². The van der Waals surface area contributed by atoms with Crippen LogP contribution < -0.4 is 10.0 Å². The first kappa shape index (κ1) is 21.2. The summed E-state index contributed by atoms with van der Waals surface area (Å²) in [5, 5.41) is 13.7. The highest BCUT2D eigenvalue weighted by atomic mass is 32.2. The molecule has 4 rings (SSSR count). The van der Waals surface area contributed by atoms with Crippen LogP contribution in [0.4, 0.5) is 5.69 Å². The van der Waals surface area contributed by atoms with Crippen LogP contribution in [-0.2, 0) is 16.4 Å². The molecule has 0 bridgehead atoms. The summed E-state index contributed by atoms with van der Waals surface area (Å²) >= 11 is 0. The number of nitrogens with one attached hydrogen (secondary N) is 2. The summed E-state index contributed by atoms with van der Waals surface area (Å²) in [5.41, 5.74) is 2.02. The number of carbonyl (C=O) groups excluding carboxylic acids is 1. The zero-order chi connectivity index (χ0) is 22.4. The Balaban J connectivity index is 1.50. The SMILES string of the molecule is O=C(NCCc1ccccc1)c1ccccc1NS(=O)(=O)c1cccc(-n2cnnn2)c1. The summed E-state index contributed by atoms with van der Waals surface area (Å²) in [6, 6.07) is 22.4. The number of anilines is 1. The van der Waals surface area contributed by atoms with Gasteiger partial charge in [0.1, 0.15) is 6.33 Å². The van der Waals surface area contributed by atoms with E-state index in [9.17, 15) is 13.2 Å². The lowest BCUT2D eigenvalue weighted by atomic mass is 10.1. The highest BCUT2D eigenvalue weighted by Crippen LogP contribution is 2.21. The quantitative estimate of drug-likeness (QED) is 0.427. The van der Waals surface area contributed by atoms with E-state index in [0.717, 1.165) is 5.56 Å². The summed E-state index contributed by atoms with van der Waals surface area (Å²) in [5.74, 6) is -0.360. The van der Waals surface area contributed by atoms with Gasteiger partial charge in [0.2, 0.25) is 0 Å². The molecule has 0 saturated carbocycles. The van der Waals surface area contributed by atoms with Crippen molar-refractivity contribution in [1.82, 2.24) is 25.5 Å². The van der Waals surface area contributed by atoms with Gasteiger partial charge in [-0.25, -0.2) is 13.1 Å². The molecular weight excluding hydrogens is 428 g/mol. The third-order valence-corrected chi connectivity index (χ3v) is 6.06. The Kier molecular flexibility index (Phi) is 6.22. The van der Waals surface area contributed by atoms with Crippen molar-refractivity contribution in [2.45, 2.75) is 11.3 Å². The Hall–Kier alpha value is -4.05. The highest BCUT2D eigenvalue weighted by Gasteiger charge is 2.19. The molecule has 0 aliphatic rings. The molecule has 0 spiro atoms. The molecule has 2 N–H and O–H groups in total. The van der Waals surface area contributed by atoms with Crippen LogP contribution in [-0.4, -0.2) is 41.1 Å². The average molecular weight is 449 g/mol. The number of amides is 1. The van der Waals surface area contributed by atoms with Crippen LogP contribution in [0.25, 0.3) is 5.69 Å². The van der Waals surface area contributed by atoms with E-state index in [1.54, 1.807) is 36.4 Å². The van der Waals surface area contributed by atoms with E-state index in [0.29, 0.717) is 18.7 Å². The second-order valence-electron chi connectivity index (χ2n) is 6.89. The molecule has 0 aliphatic heterocycles. The van der Waals surface area contributed by atoms with Gasteiger partial charge in [0, 0.05) is 6.54 Å². The lowest BCUT2D eigenvalue weighted by Gasteiger charge is -2.13. The molecule has 0 atom stereocenters. The number of para-hydroxylation sites is 1. The van der Waals surface area contributed by atoms with Crippen molar-refractivity contribution in [3.8, 4) is 5.69 Å². The molecule has 0 fully saturated rings. The number of tetrazole rings is 1. The summed E-state index contributed by atoms with van der Waals surface area (Å²) in [4.78, 5) is 12.7. The van der Waals surface area contributed by atoms with E-state index in [-0.39, 0.29) is 22.1 Å². The molecule has 32 heavy (non-hydrogen) atoms. The third-order valence-electron chi connectivity index (χ3n) is 4.70. The van der Waals surface area contributed by atoms with Gasteiger partial charge >= 0.3 is 0 Å². The van der Waals surface area contributed by atoms with Crippen LogP contribution in [0.5, 0.6) is 0 Å². The number of nitrogens with zero attached hydrogens (tertiary/aromatic N) is 4. The maximum Gasteiger partial charge on any atom is 0.261 e. The summed E-state index contributed by atoms with van der Waals surface area (Å²) < 4.78 is 29.9. The van der Waals surface area contributed by atoms with Gasteiger partial charge in [0.05, 0.1) is 21.8 Å². The first-order chi connectivity index (χ1) is 15.5. The minimum Gasteiger partial charge on any atom is -0.352 e. The van der Waals surface area contributed by atoms with Crippen molar-refractivity contribution in [2.75, 3.05) is 11.3 Å². The van der Waals surface area contributed by atoms with Gasteiger partial charge in [-0.1, -0.05) is 48.5 Å². The van der Waals surface area contributed by atoms with Crippen molar-refractivity contribution in [3.05, 3.63) is 96.3 Å². The predicted molar refractivity (Wildman–Crippen MR) is 119 cm³/mol. The van der Waals surface area contributed by atoms with Gasteiger partial charge in [0.15, 0.2) is 0 Å². The summed E-state index contributed by atoms with van der Waals surface area (Å²) in [6.45, 7) is 0.428. The van der Waals surface area contributed by atoms with Crippen molar-refractivity contribution >= 4 is 21.6 Å². The number of rotatable bonds is 8. The van der Waals surface area contributed by atoms with E-state index < -0.39 is 10.0 Å². The molecule has 4 aromatic rings. The van der Waals surface area contributed by atoms with E-state index in [1.807, 2.05) is 30.3 Å². The number of benzene rings is 3. The van der Waals surface area contributed by atoms with E-state index in [4.69, 9.17) is 0 Å². The standard InChI is InChI=1S/C22H20N6O3S/c29-22(23-14-13-17-7-2-1-3-8-17)20-11-4-5-12-21(20)25-32(30,31)19-10-6-9-18(15-19)28-16-24-26-27-28/h1-12,15-16,25H,13-14H2,(H,23,29). The van der Waals surface area contributed by atoms with Crippen molar-refractivity contribution < 1.29 is 13.2 Å². The second-order valence-corrected chi connectivity index (χ2v) is 8.58. The number of hydrogen-bond acceptors (Lipinski definition) is 6. The van der Waals surface area contributed by atoms with Gasteiger partial charge < -0.3 is 5.32 Å². The molecular formula is C22H20N6O3S. The molecule has 0 aliphatic carbocycles. The number of sulfonamides is 1. The maximum absolute atomic E-state index is 13.0. The van der Waals surface area contributed by atoms with Crippen molar-refractivity contribution in [1.29, 1.82) is 0 Å². The summed E-state index contributed by atoms with van der Waals surface area (Å²) in [6.07, 6.45) is 2.04. The molecule has 3 aromatic carbocycles. The fourth-order valence-electron chi connectivity index (χ4n) is 3.11. The fraction of sp³-hybridized carbons (Fsp3) is 0.0909. The normalized spacial score (nSPS) is 11.1. The van der Waals surface area contributed by atoms with E-state index >= 15 is 0 Å². The van der Waals surface area contributed by atoms with Crippen LogP contribution in [0.3, 0.4) is 0 Å². The Morgan fingerprint density at radius 3 is 2.50 bits per heavy atom. The molecule has 9 nitrogen and oxygen atoms in total. The Labute approximate surface area is 185 Å². The smallest absolute Gasteiger partial charge is 0.261 e. The fourth-order valence-corrected chi connectivity index (χ4v) is 4.23. The minimum absolute atomic E-state index is 0.0183. The molecule has 162 valence electrons. The molecule has 1 amide bonds. The minimum atomic E-state index is -3.96. The highest BCUT2D eigenvalue weighted by molar-refractivity contribution is 7.92. The van der Waals surface area contributed by atoms with Gasteiger partial charge in [-0.05, 0) is 52.7 Å².